The quantitative estimate of drug-likeness (QED) is 0.788. The molecule has 3 nitrogen and oxygen atoms in total. The lowest BCUT2D eigenvalue weighted by molar-refractivity contribution is 0.345. The van der Waals surface area contributed by atoms with E-state index in [2.05, 4.69) is 0 Å². The van der Waals surface area contributed by atoms with Crippen molar-refractivity contribution in [3.8, 4) is 0 Å². The van der Waals surface area contributed by atoms with Crippen LogP contribution in [0.1, 0.15) is 25.7 Å². The Labute approximate surface area is 128 Å². The number of hydrogen-bond acceptors (Lipinski definition) is 2. The predicted molar refractivity (Wildman–Crippen MR) is 78.3 cm³/mol. The van der Waals surface area contributed by atoms with E-state index in [1.807, 2.05) is 0 Å². The Morgan fingerprint density at radius 3 is 2.75 bits per heavy atom. The predicted octanol–water partition coefficient (Wildman–Crippen LogP) is 3.65. The van der Waals surface area contributed by atoms with E-state index in [-0.39, 0.29) is 21.8 Å². The minimum atomic E-state index is -3.82. The van der Waals surface area contributed by atoms with Gasteiger partial charge in [0.25, 0.3) is 0 Å². The van der Waals surface area contributed by atoms with Crippen molar-refractivity contribution < 1.29 is 12.8 Å². The molecule has 1 aromatic carbocycles. The fraction of sp³-hybridized carbons (Fsp3) is 0.538. The van der Waals surface area contributed by atoms with E-state index >= 15 is 0 Å². The summed E-state index contributed by atoms with van der Waals surface area (Å²) in [5, 5.41) is 0.0315. The Bertz CT molecular complexity index is 580. The highest BCUT2D eigenvalue weighted by molar-refractivity contribution is 7.89. The lowest BCUT2D eigenvalue weighted by Crippen LogP contribution is -2.41. The van der Waals surface area contributed by atoms with Gasteiger partial charge in [0.15, 0.2) is 0 Å². The Morgan fingerprint density at radius 1 is 1.30 bits per heavy atom. The smallest absolute Gasteiger partial charge is 0.207 e. The molecule has 1 aromatic rings. The molecule has 1 fully saturated rings. The minimum absolute atomic E-state index is 0.0315. The normalized spacial score (nSPS) is 21.6. The number of halogens is 3. The van der Waals surface area contributed by atoms with E-state index in [0.29, 0.717) is 6.54 Å². The van der Waals surface area contributed by atoms with Gasteiger partial charge < -0.3 is 0 Å². The number of benzene rings is 1. The molecule has 2 rings (SSSR count). The molecule has 1 aliphatic heterocycles. The topological polar surface area (TPSA) is 37.4 Å². The zero-order valence-electron chi connectivity index (χ0n) is 10.9. The number of alkyl halides is 1. The zero-order valence-corrected chi connectivity index (χ0v) is 13.2. The van der Waals surface area contributed by atoms with E-state index in [1.54, 1.807) is 0 Å². The number of rotatable bonds is 3. The van der Waals surface area contributed by atoms with Gasteiger partial charge in [0.1, 0.15) is 10.7 Å². The van der Waals surface area contributed by atoms with E-state index < -0.39 is 15.8 Å². The monoisotopic (exact) mass is 339 g/mol. The first-order valence-electron chi connectivity index (χ1n) is 6.49. The van der Waals surface area contributed by atoms with Gasteiger partial charge in [-0.3, -0.25) is 0 Å². The van der Waals surface area contributed by atoms with Crippen LogP contribution in [0, 0.1) is 5.82 Å². The highest BCUT2D eigenvalue weighted by Gasteiger charge is 2.33. The van der Waals surface area contributed by atoms with E-state index in [0.717, 1.165) is 37.8 Å². The molecule has 1 saturated heterocycles. The number of nitrogens with zero attached hydrogens (tertiary/aromatic N) is 1. The van der Waals surface area contributed by atoms with Gasteiger partial charge in [-0.1, -0.05) is 24.4 Å². The van der Waals surface area contributed by atoms with Gasteiger partial charge in [-0.05, 0) is 31.0 Å². The molecule has 0 radical (unpaired) electrons. The fourth-order valence-electron chi connectivity index (χ4n) is 2.42. The van der Waals surface area contributed by atoms with Gasteiger partial charge in [-0.2, -0.15) is 4.31 Å². The molecular weight excluding hydrogens is 324 g/mol. The van der Waals surface area contributed by atoms with E-state index in [4.69, 9.17) is 23.2 Å². The van der Waals surface area contributed by atoms with Gasteiger partial charge in [-0.25, -0.2) is 12.8 Å². The van der Waals surface area contributed by atoms with Crippen molar-refractivity contribution in [3.63, 3.8) is 0 Å². The van der Waals surface area contributed by atoms with Crippen LogP contribution in [-0.2, 0) is 10.0 Å². The largest absolute Gasteiger partial charge is 0.244 e. The molecule has 1 heterocycles. The van der Waals surface area contributed by atoms with Crippen LogP contribution in [0.3, 0.4) is 0 Å². The van der Waals surface area contributed by atoms with E-state index in [9.17, 15) is 12.8 Å². The van der Waals surface area contributed by atoms with Crippen LogP contribution < -0.4 is 0 Å². The Balaban J connectivity index is 2.44. The van der Waals surface area contributed by atoms with Crippen molar-refractivity contribution in [3.05, 3.63) is 29.0 Å². The van der Waals surface area contributed by atoms with Crippen LogP contribution in [0.2, 0.25) is 5.02 Å². The molecular formula is C13H16Cl2FNO2S. The van der Waals surface area contributed by atoms with Gasteiger partial charge in [0.2, 0.25) is 10.0 Å². The Morgan fingerprint density at radius 2 is 2.05 bits per heavy atom. The van der Waals surface area contributed by atoms with Crippen LogP contribution in [-0.4, -0.2) is 31.2 Å². The van der Waals surface area contributed by atoms with Crippen LogP contribution in [0.5, 0.6) is 0 Å². The first-order chi connectivity index (χ1) is 9.46. The first kappa shape index (κ1) is 16.0. The highest BCUT2D eigenvalue weighted by atomic mass is 35.5. The van der Waals surface area contributed by atoms with Gasteiger partial charge in [-0.15, -0.1) is 11.6 Å². The summed E-state index contributed by atoms with van der Waals surface area (Å²) in [5.74, 6) is -0.392. The summed E-state index contributed by atoms with van der Waals surface area (Å²) in [6, 6.07) is 3.11. The summed E-state index contributed by atoms with van der Waals surface area (Å²) in [4.78, 5) is -0.184. The average molecular weight is 340 g/mol. The standard InChI is InChI=1S/C13H16Cl2FNO2S/c14-9-11-4-2-1-3-7-17(11)20(18,19)13-8-10(16)5-6-12(13)15/h5-6,8,11H,1-4,7,9H2. The third-order valence-electron chi connectivity index (χ3n) is 3.48. The second-order valence-electron chi connectivity index (χ2n) is 4.85. The molecule has 0 aromatic heterocycles. The minimum Gasteiger partial charge on any atom is -0.207 e. The molecule has 7 heteroatoms. The fourth-order valence-corrected chi connectivity index (χ4v) is 5.01. The lowest BCUT2D eigenvalue weighted by atomic mass is 10.1. The van der Waals surface area contributed by atoms with Crippen molar-refractivity contribution in [2.24, 2.45) is 0 Å². The average Bonchev–Trinajstić information content (AvgIpc) is 2.66. The zero-order chi connectivity index (χ0) is 14.8. The molecule has 0 bridgehead atoms. The second kappa shape index (κ2) is 6.60. The van der Waals surface area contributed by atoms with E-state index in [1.165, 1.54) is 10.4 Å². The van der Waals surface area contributed by atoms with Crippen LogP contribution >= 0.6 is 23.2 Å². The summed E-state index contributed by atoms with van der Waals surface area (Å²) in [6.45, 7) is 0.395. The third kappa shape index (κ3) is 3.27. The molecule has 0 saturated carbocycles. The maximum atomic E-state index is 13.3. The van der Waals surface area contributed by atoms with Crippen LogP contribution in [0.15, 0.2) is 23.1 Å². The molecule has 0 amide bonds. The number of sulfonamides is 1. The second-order valence-corrected chi connectivity index (χ2v) is 7.42. The van der Waals surface area contributed by atoms with Crippen molar-refractivity contribution >= 4 is 33.2 Å². The summed E-state index contributed by atoms with van der Waals surface area (Å²) in [6.07, 6.45) is 3.41. The molecule has 1 unspecified atom stereocenters. The van der Waals surface area contributed by atoms with Crippen LogP contribution in [0.4, 0.5) is 4.39 Å². The SMILES string of the molecule is O=S(=O)(c1cc(F)ccc1Cl)N1CCCCCC1CCl. The van der Waals surface area contributed by atoms with Gasteiger partial charge in [0.05, 0.1) is 5.02 Å². The summed E-state index contributed by atoms with van der Waals surface area (Å²) in [5.41, 5.74) is 0. The molecule has 112 valence electrons. The van der Waals surface area contributed by atoms with Gasteiger partial charge >= 0.3 is 0 Å². The Hall–Kier alpha value is -0.360. The molecule has 0 N–H and O–H groups in total. The Kier molecular flexibility index (Phi) is 5.29. The van der Waals surface area contributed by atoms with Crippen molar-refractivity contribution in [1.82, 2.24) is 4.31 Å². The molecule has 1 aliphatic rings. The van der Waals surface area contributed by atoms with Crippen molar-refractivity contribution in [2.45, 2.75) is 36.6 Å². The van der Waals surface area contributed by atoms with Gasteiger partial charge in [0, 0.05) is 18.5 Å². The molecule has 0 spiro atoms. The summed E-state index contributed by atoms with van der Waals surface area (Å²) < 4.78 is 40.1. The molecule has 0 aliphatic carbocycles. The third-order valence-corrected chi connectivity index (χ3v) is 6.27. The molecule has 20 heavy (non-hydrogen) atoms. The summed E-state index contributed by atoms with van der Waals surface area (Å²) >= 11 is 11.8. The molecule has 1 atom stereocenters. The lowest BCUT2D eigenvalue weighted by Gasteiger charge is -2.28. The summed E-state index contributed by atoms with van der Waals surface area (Å²) in [7, 11) is -3.82. The van der Waals surface area contributed by atoms with Crippen molar-refractivity contribution in [2.75, 3.05) is 12.4 Å². The van der Waals surface area contributed by atoms with Crippen molar-refractivity contribution in [1.29, 1.82) is 0 Å². The maximum absolute atomic E-state index is 13.3. The highest BCUT2D eigenvalue weighted by Crippen LogP contribution is 2.30. The first-order valence-corrected chi connectivity index (χ1v) is 8.85. The maximum Gasteiger partial charge on any atom is 0.244 e. The van der Waals surface area contributed by atoms with Crippen LogP contribution in [0.25, 0.3) is 0 Å². The number of hydrogen-bond donors (Lipinski definition) is 0.